The zero-order valence-corrected chi connectivity index (χ0v) is 14.5. The summed E-state index contributed by atoms with van der Waals surface area (Å²) in [6.07, 6.45) is 0. The molecule has 2 N–H and O–H groups in total. The van der Waals surface area contributed by atoms with E-state index in [1.165, 1.54) is 0 Å². The van der Waals surface area contributed by atoms with Crippen LogP contribution in [0, 0.1) is 0 Å². The highest BCUT2D eigenvalue weighted by molar-refractivity contribution is 9.10. The SMILES string of the molecule is CC(C)NC(=O)CNC(=O)COC(=O)COc1ccc(Br)cc1. The molecule has 0 atom stereocenters. The molecule has 1 aromatic carbocycles. The Labute approximate surface area is 142 Å². The van der Waals surface area contributed by atoms with E-state index in [1.54, 1.807) is 24.3 Å². The molecule has 126 valence electrons. The average Bonchev–Trinajstić information content (AvgIpc) is 2.49. The second-order valence-corrected chi connectivity index (χ2v) is 5.82. The van der Waals surface area contributed by atoms with E-state index < -0.39 is 18.5 Å². The molecule has 0 heterocycles. The topological polar surface area (TPSA) is 93.7 Å². The van der Waals surface area contributed by atoms with Crippen LogP contribution in [0.15, 0.2) is 28.7 Å². The fourth-order valence-corrected chi connectivity index (χ4v) is 1.73. The Morgan fingerprint density at radius 1 is 1.09 bits per heavy atom. The summed E-state index contributed by atoms with van der Waals surface area (Å²) in [5, 5.41) is 4.97. The molecule has 0 aromatic heterocycles. The number of halogens is 1. The van der Waals surface area contributed by atoms with E-state index in [1.807, 2.05) is 13.8 Å². The third-order valence-corrected chi connectivity index (χ3v) is 2.96. The molecule has 7 nitrogen and oxygen atoms in total. The van der Waals surface area contributed by atoms with Gasteiger partial charge in [0.1, 0.15) is 5.75 Å². The lowest BCUT2D eigenvalue weighted by Crippen LogP contribution is -2.41. The van der Waals surface area contributed by atoms with E-state index >= 15 is 0 Å². The Bertz CT molecular complexity index is 545. The molecule has 0 spiro atoms. The van der Waals surface area contributed by atoms with Crippen LogP contribution in [0.25, 0.3) is 0 Å². The smallest absolute Gasteiger partial charge is 0.344 e. The Balaban J connectivity index is 2.18. The molecule has 23 heavy (non-hydrogen) atoms. The predicted octanol–water partition coefficient (Wildman–Crippen LogP) is 1.01. The number of hydrogen-bond acceptors (Lipinski definition) is 5. The second-order valence-electron chi connectivity index (χ2n) is 4.90. The number of amides is 2. The standard InChI is InChI=1S/C15H19BrN2O5/c1-10(2)18-13(19)7-17-14(20)8-23-15(21)9-22-12-5-3-11(16)4-6-12/h3-6,10H,7-9H2,1-2H3,(H,17,20)(H,18,19). The van der Waals surface area contributed by atoms with Crippen molar-refractivity contribution in [3.05, 3.63) is 28.7 Å². The largest absolute Gasteiger partial charge is 0.482 e. The van der Waals surface area contributed by atoms with E-state index in [0.717, 1.165) is 4.47 Å². The molecule has 0 aliphatic heterocycles. The zero-order valence-electron chi connectivity index (χ0n) is 12.9. The number of ether oxygens (including phenoxy) is 2. The fraction of sp³-hybridized carbons (Fsp3) is 0.400. The maximum Gasteiger partial charge on any atom is 0.344 e. The van der Waals surface area contributed by atoms with E-state index in [-0.39, 0.29) is 25.1 Å². The summed E-state index contributed by atoms with van der Waals surface area (Å²) in [6.45, 7) is 2.70. The molecule has 0 aliphatic rings. The molecule has 2 amide bonds. The van der Waals surface area contributed by atoms with Gasteiger partial charge in [0.15, 0.2) is 13.2 Å². The second kappa shape index (κ2) is 9.83. The number of nitrogens with one attached hydrogen (secondary N) is 2. The molecular weight excluding hydrogens is 368 g/mol. The van der Waals surface area contributed by atoms with Crippen LogP contribution >= 0.6 is 15.9 Å². The van der Waals surface area contributed by atoms with E-state index in [2.05, 4.69) is 26.6 Å². The number of rotatable bonds is 8. The van der Waals surface area contributed by atoms with Crippen LogP contribution in [0.5, 0.6) is 5.75 Å². The van der Waals surface area contributed by atoms with Gasteiger partial charge in [-0.05, 0) is 38.1 Å². The van der Waals surface area contributed by atoms with Gasteiger partial charge in [-0.2, -0.15) is 0 Å². The van der Waals surface area contributed by atoms with Crippen LogP contribution in [0.4, 0.5) is 0 Å². The average molecular weight is 387 g/mol. The molecule has 0 saturated heterocycles. The number of carbonyl (C=O) groups is 3. The van der Waals surface area contributed by atoms with Gasteiger partial charge in [-0.3, -0.25) is 9.59 Å². The minimum atomic E-state index is -0.672. The summed E-state index contributed by atoms with van der Waals surface area (Å²) in [7, 11) is 0. The molecule has 1 aromatic rings. The van der Waals surface area contributed by atoms with Crippen LogP contribution in [-0.2, 0) is 19.1 Å². The minimum absolute atomic E-state index is 0.00649. The van der Waals surface area contributed by atoms with Gasteiger partial charge < -0.3 is 20.1 Å². The van der Waals surface area contributed by atoms with Crippen LogP contribution in [0.2, 0.25) is 0 Å². The first-order valence-electron chi connectivity index (χ1n) is 6.97. The maximum atomic E-state index is 11.5. The van der Waals surface area contributed by atoms with E-state index in [4.69, 9.17) is 9.47 Å². The van der Waals surface area contributed by atoms with Crippen molar-refractivity contribution in [1.82, 2.24) is 10.6 Å². The lowest BCUT2D eigenvalue weighted by Gasteiger charge is -2.10. The summed E-state index contributed by atoms with van der Waals surface area (Å²) >= 11 is 3.28. The molecule has 0 fully saturated rings. The highest BCUT2D eigenvalue weighted by Gasteiger charge is 2.10. The van der Waals surface area contributed by atoms with Crippen molar-refractivity contribution >= 4 is 33.7 Å². The van der Waals surface area contributed by atoms with Crippen molar-refractivity contribution in [3.8, 4) is 5.75 Å². The van der Waals surface area contributed by atoms with Crippen molar-refractivity contribution in [2.24, 2.45) is 0 Å². The third kappa shape index (κ3) is 8.82. The number of benzene rings is 1. The molecule has 0 aliphatic carbocycles. The Kier molecular flexibility index (Phi) is 8.10. The van der Waals surface area contributed by atoms with Gasteiger partial charge in [0.05, 0.1) is 6.54 Å². The summed E-state index contributed by atoms with van der Waals surface area (Å²) in [5.41, 5.74) is 0. The number of esters is 1. The summed E-state index contributed by atoms with van der Waals surface area (Å²) in [4.78, 5) is 34.2. The highest BCUT2D eigenvalue weighted by atomic mass is 79.9. The minimum Gasteiger partial charge on any atom is -0.482 e. The first-order valence-corrected chi connectivity index (χ1v) is 7.76. The van der Waals surface area contributed by atoms with E-state index in [9.17, 15) is 14.4 Å². The monoisotopic (exact) mass is 386 g/mol. The van der Waals surface area contributed by atoms with E-state index in [0.29, 0.717) is 5.75 Å². The first kappa shape index (κ1) is 19.0. The van der Waals surface area contributed by atoms with Crippen molar-refractivity contribution < 1.29 is 23.9 Å². The quantitative estimate of drug-likeness (QED) is 0.650. The lowest BCUT2D eigenvalue weighted by atomic mass is 10.3. The molecular formula is C15H19BrN2O5. The first-order chi connectivity index (χ1) is 10.9. The molecule has 0 bridgehead atoms. The molecule has 0 saturated carbocycles. The fourth-order valence-electron chi connectivity index (χ4n) is 1.46. The number of hydrogen-bond donors (Lipinski definition) is 2. The van der Waals surface area contributed by atoms with Gasteiger partial charge in [0.25, 0.3) is 5.91 Å². The van der Waals surface area contributed by atoms with Gasteiger partial charge in [0, 0.05) is 10.5 Å². The molecule has 0 radical (unpaired) electrons. The van der Waals surface area contributed by atoms with Crippen LogP contribution < -0.4 is 15.4 Å². The van der Waals surface area contributed by atoms with Gasteiger partial charge in [-0.25, -0.2) is 4.79 Å². The Morgan fingerprint density at radius 3 is 2.35 bits per heavy atom. The van der Waals surface area contributed by atoms with Crippen molar-refractivity contribution in [1.29, 1.82) is 0 Å². The highest BCUT2D eigenvalue weighted by Crippen LogP contribution is 2.15. The van der Waals surface area contributed by atoms with Crippen LogP contribution in [-0.4, -0.2) is 43.6 Å². The van der Waals surface area contributed by atoms with Crippen molar-refractivity contribution in [2.75, 3.05) is 19.8 Å². The van der Waals surface area contributed by atoms with Crippen molar-refractivity contribution in [2.45, 2.75) is 19.9 Å². The molecule has 0 unspecified atom stereocenters. The summed E-state index contributed by atoms with van der Waals surface area (Å²) in [5.74, 6) is -1.02. The van der Waals surface area contributed by atoms with Crippen LogP contribution in [0.3, 0.4) is 0 Å². The maximum absolute atomic E-state index is 11.5. The van der Waals surface area contributed by atoms with Crippen molar-refractivity contribution in [3.63, 3.8) is 0 Å². The van der Waals surface area contributed by atoms with Gasteiger partial charge >= 0.3 is 5.97 Å². The summed E-state index contributed by atoms with van der Waals surface area (Å²) < 4.78 is 10.8. The Hall–Kier alpha value is -2.09. The van der Waals surface area contributed by atoms with Gasteiger partial charge in [-0.15, -0.1) is 0 Å². The normalized spacial score (nSPS) is 10.1. The van der Waals surface area contributed by atoms with Gasteiger partial charge in [-0.1, -0.05) is 15.9 Å². The van der Waals surface area contributed by atoms with Gasteiger partial charge in [0.2, 0.25) is 5.91 Å². The van der Waals surface area contributed by atoms with Crippen LogP contribution in [0.1, 0.15) is 13.8 Å². The lowest BCUT2D eigenvalue weighted by molar-refractivity contribution is -0.150. The zero-order chi connectivity index (χ0) is 17.2. The number of carbonyl (C=O) groups excluding carboxylic acids is 3. The Morgan fingerprint density at radius 2 is 1.74 bits per heavy atom. The summed E-state index contributed by atoms with van der Waals surface area (Å²) in [6, 6.07) is 6.93. The molecule has 8 heteroatoms. The predicted molar refractivity (Wildman–Crippen MR) is 86.9 cm³/mol. The third-order valence-electron chi connectivity index (χ3n) is 2.43. The molecule has 1 rings (SSSR count).